The highest BCUT2D eigenvalue weighted by molar-refractivity contribution is 5.91. The first-order chi connectivity index (χ1) is 10.6. The van der Waals surface area contributed by atoms with Crippen molar-refractivity contribution in [2.75, 3.05) is 11.9 Å². The van der Waals surface area contributed by atoms with Crippen molar-refractivity contribution in [2.45, 2.75) is 13.8 Å². The molecule has 0 bridgehead atoms. The monoisotopic (exact) mass is 296 g/mol. The maximum Gasteiger partial charge on any atom is 0.262 e. The molecule has 1 N–H and O–H groups in total. The molecule has 3 aromatic rings. The van der Waals surface area contributed by atoms with Crippen LogP contribution in [0.3, 0.4) is 0 Å². The van der Waals surface area contributed by atoms with Crippen LogP contribution >= 0.6 is 0 Å². The Labute approximate surface area is 127 Å². The highest BCUT2D eigenvalue weighted by Crippen LogP contribution is 2.22. The smallest absolute Gasteiger partial charge is 0.262 e. The van der Waals surface area contributed by atoms with Crippen LogP contribution in [-0.2, 0) is 4.79 Å². The highest BCUT2D eigenvalue weighted by atomic mass is 16.5. The number of hydrogen-bond donors (Lipinski definition) is 1. The molecular formula is C16H16N4O2. The third-order valence-electron chi connectivity index (χ3n) is 3.33. The molecule has 0 aliphatic carbocycles. The van der Waals surface area contributed by atoms with Gasteiger partial charge in [-0.1, -0.05) is 18.2 Å². The Morgan fingerprint density at radius 1 is 1.23 bits per heavy atom. The van der Waals surface area contributed by atoms with Crippen molar-refractivity contribution in [3.63, 3.8) is 0 Å². The van der Waals surface area contributed by atoms with E-state index in [0.29, 0.717) is 5.69 Å². The van der Waals surface area contributed by atoms with Gasteiger partial charge >= 0.3 is 0 Å². The number of hydrogen-bond acceptors (Lipinski definition) is 4. The second-order valence-electron chi connectivity index (χ2n) is 5.07. The van der Waals surface area contributed by atoms with Gasteiger partial charge in [0.05, 0.1) is 5.69 Å². The quantitative estimate of drug-likeness (QED) is 0.802. The molecule has 2 aromatic heterocycles. The third-order valence-corrected chi connectivity index (χ3v) is 3.33. The summed E-state index contributed by atoms with van der Waals surface area (Å²) in [5.74, 6) is 0.544. The molecule has 0 radical (unpaired) electrons. The van der Waals surface area contributed by atoms with Gasteiger partial charge in [0.25, 0.3) is 5.91 Å². The number of carbonyl (C=O) groups is 1. The number of carbonyl (C=O) groups excluding carboxylic acids is 1. The minimum absolute atomic E-state index is 0.0358. The number of nitrogens with zero attached hydrogens (tertiary/aromatic N) is 3. The maximum atomic E-state index is 12.0. The van der Waals surface area contributed by atoms with Crippen molar-refractivity contribution in [3.05, 3.63) is 54.0 Å². The standard InChI is InChI=1S/C16H16N4O2/c1-11-4-3-5-12(2)16(11)22-9-15(21)18-13-6-7-14-19-17-10-20(14)8-13/h3-8,10H,9H2,1-2H3,(H,18,21). The average molecular weight is 296 g/mol. The Hall–Kier alpha value is -2.89. The summed E-state index contributed by atoms with van der Waals surface area (Å²) >= 11 is 0. The number of nitrogens with one attached hydrogen (secondary N) is 1. The van der Waals surface area contributed by atoms with Crippen LogP contribution in [0, 0.1) is 13.8 Å². The molecule has 1 amide bonds. The Bertz CT molecular complexity index is 806. The fourth-order valence-electron chi connectivity index (χ4n) is 2.26. The summed E-state index contributed by atoms with van der Waals surface area (Å²) in [6, 6.07) is 9.45. The van der Waals surface area contributed by atoms with E-state index in [4.69, 9.17) is 4.74 Å². The van der Waals surface area contributed by atoms with Crippen LogP contribution in [0.25, 0.3) is 5.65 Å². The van der Waals surface area contributed by atoms with E-state index >= 15 is 0 Å². The lowest BCUT2D eigenvalue weighted by atomic mass is 10.1. The Morgan fingerprint density at radius 3 is 2.77 bits per heavy atom. The van der Waals surface area contributed by atoms with Crippen LogP contribution in [0.2, 0.25) is 0 Å². The molecular weight excluding hydrogens is 280 g/mol. The zero-order valence-corrected chi connectivity index (χ0v) is 12.4. The van der Waals surface area contributed by atoms with Crippen molar-refractivity contribution < 1.29 is 9.53 Å². The van der Waals surface area contributed by atoms with E-state index < -0.39 is 0 Å². The number of pyridine rings is 1. The van der Waals surface area contributed by atoms with Gasteiger partial charge in [0.1, 0.15) is 12.1 Å². The van der Waals surface area contributed by atoms with Crippen molar-refractivity contribution in [1.82, 2.24) is 14.6 Å². The van der Waals surface area contributed by atoms with Crippen LogP contribution in [-0.4, -0.2) is 27.1 Å². The van der Waals surface area contributed by atoms with Gasteiger partial charge in [-0.25, -0.2) is 0 Å². The SMILES string of the molecule is Cc1cccc(C)c1OCC(=O)Nc1ccc2nncn2c1. The fraction of sp³-hybridized carbons (Fsp3) is 0.188. The molecule has 3 rings (SSSR count). The second-order valence-corrected chi connectivity index (χ2v) is 5.07. The molecule has 0 atom stereocenters. The van der Waals surface area contributed by atoms with E-state index in [2.05, 4.69) is 15.5 Å². The predicted octanol–water partition coefficient (Wildman–Crippen LogP) is 2.36. The summed E-state index contributed by atoms with van der Waals surface area (Å²) in [6.07, 6.45) is 3.34. The van der Waals surface area contributed by atoms with Gasteiger partial charge in [0, 0.05) is 6.20 Å². The number of rotatable bonds is 4. The minimum Gasteiger partial charge on any atom is -0.483 e. The largest absolute Gasteiger partial charge is 0.483 e. The van der Waals surface area contributed by atoms with E-state index in [-0.39, 0.29) is 12.5 Å². The van der Waals surface area contributed by atoms with Gasteiger partial charge in [-0.05, 0) is 37.1 Å². The molecule has 6 heteroatoms. The van der Waals surface area contributed by atoms with Crippen LogP contribution in [0.4, 0.5) is 5.69 Å². The van der Waals surface area contributed by atoms with Gasteiger partial charge in [0.15, 0.2) is 12.3 Å². The molecule has 22 heavy (non-hydrogen) atoms. The van der Waals surface area contributed by atoms with E-state index in [9.17, 15) is 4.79 Å². The van der Waals surface area contributed by atoms with Gasteiger partial charge < -0.3 is 10.1 Å². The fourth-order valence-corrected chi connectivity index (χ4v) is 2.26. The Balaban J connectivity index is 1.65. The molecule has 0 spiro atoms. The molecule has 0 aliphatic rings. The second kappa shape index (κ2) is 5.85. The molecule has 0 aliphatic heterocycles. The molecule has 0 unspecified atom stereocenters. The zero-order chi connectivity index (χ0) is 15.5. The lowest BCUT2D eigenvalue weighted by Crippen LogP contribution is -2.20. The predicted molar refractivity (Wildman–Crippen MR) is 83.0 cm³/mol. The zero-order valence-electron chi connectivity index (χ0n) is 12.4. The molecule has 2 heterocycles. The summed E-state index contributed by atoms with van der Waals surface area (Å²) < 4.78 is 7.37. The first kappa shape index (κ1) is 14.1. The normalized spacial score (nSPS) is 10.6. The minimum atomic E-state index is -0.213. The van der Waals surface area contributed by atoms with Crippen molar-refractivity contribution in [1.29, 1.82) is 0 Å². The Kier molecular flexibility index (Phi) is 3.74. The number of ether oxygens (including phenoxy) is 1. The molecule has 0 fully saturated rings. The summed E-state index contributed by atoms with van der Waals surface area (Å²) in [4.78, 5) is 12.0. The van der Waals surface area contributed by atoms with E-state index in [1.54, 1.807) is 29.1 Å². The number of anilines is 1. The number of amides is 1. The van der Waals surface area contributed by atoms with Gasteiger partial charge in [-0.15, -0.1) is 10.2 Å². The number of fused-ring (bicyclic) bond motifs is 1. The summed E-state index contributed by atoms with van der Waals surface area (Å²) in [5, 5.41) is 10.5. The van der Waals surface area contributed by atoms with Crippen molar-refractivity contribution in [2.24, 2.45) is 0 Å². The van der Waals surface area contributed by atoms with Gasteiger partial charge in [-0.3, -0.25) is 9.20 Å². The first-order valence-corrected chi connectivity index (χ1v) is 6.92. The van der Waals surface area contributed by atoms with Crippen molar-refractivity contribution in [3.8, 4) is 5.75 Å². The number of aryl methyl sites for hydroxylation is 2. The lowest BCUT2D eigenvalue weighted by Gasteiger charge is -2.12. The lowest BCUT2D eigenvalue weighted by molar-refractivity contribution is -0.118. The average Bonchev–Trinajstić information content (AvgIpc) is 2.94. The molecule has 1 aromatic carbocycles. The number of benzene rings is 1. The number of para-hydroxylation sites is 1. The highest BCUT2D eigenvalue weighted by Gasteiger charge is 2.08. The third kappa shape index (κ3) is 2.90. The van der Waals surface area contributed by atoms with Gasteiger partial charge in [0.2, 0.25) is 0 Å². The molecule has 0 saturated carbocycles. The van der Waals surface area contributed by atoms with E-state index in [1.165, 1.54) is 0 Å². The van der Waals surface area contributed by atoms with Crippen LogP contribution in [0.5, 0.6) is 5.75 Å². The summed E-state index contributed by atoms with van der Waals surface area (Å²) in [5.41, 5.74) is 3.42. The van der Waals surface area contributed by atoms with Gasteiger partial charge in [-0.2, -0.15) is 0 Å². The molecule has 112 valence electrons. The number of aromatic nitrogens is 3. The molecule has 6 nitrogen and oxygen atoms in total. The van der Waals surface area contributed by atoms with Crippen LogP contribution in [0.1, 0.15) is 11.1 Å². The van der Waals surface area contributed by atoms with E-state index in [0.717, 1.165) is 22.5 Å². The van der Waals surface area contributed by atoms with Crippen LogP contribution < -0.4 is 10.1 Å². The first-order valence-electron chi connectivity index (χ1n) is 6.92. The summed E-state index contributed by atoms with van der Waals surface area (Å²) in [7, 11) is 0. The van der Waals surface area contributed by atoms with Crippen molar-refractivity contribution >= 4 is 17.2 Å². The Morgan fingerprint density at radius 2 is 2.00 bits per heavy atom. The topological polar surface area (TPSA) is 68.5 Å². The summed E-state index contributed by atoms with van der Waals surface area (Å²) in [6.45, 7) is 3.88. The molecule has 0 saturated heterocycles. The maximum absolute atomic E-state index is 12.0. The van der Waals surface area contributed by atoms with E-state index in [1.807, 2.05) is 32.0 Å². The van der Waals surface area contributed by atoms with Crippen LogP contribution in [0.15, 0.2) is 42.9 Å².